The van der Waals surface area contributed by atoms with Gasteiger partial charge in [-0.15, -0.1) is 0 Å². The Morgan fingerprint density at radius 2 is 1.62 bits per heavy atom. The Bertz CT molecular complexity index is 1020. The van der Waals surface area contributed by atoms with Crippen LogP contribution in [0.2, 0.25) is 0 Å². The van der Waals surface area contributed by atoms with Crippen molar-refractivity contribution in [3.8, 4) is 0 Å². The minimum atomic E-state index is -0.361. The Balaban J connectivity index is 1.80. The lowest BCUT2D eigenvalue weighted by molar-refractivity contribution is -0.118. The number of hydrogen-bond acceptors (Lipinski definition) is 3. The summed E-state index contributed by atoms with van der Waals surface area (Å²) in [4.78, 5) is 26.5. The number of allylic oxidation sites excluding steroid dienone is 3. The van der Waals surface area contributed by atoms with E-state index in [-0.39, 0.29) is 23.0 Å². The topological polar surface area (TPSA) is 58.2 Å². The molecular weight excluding hydrogens is 360 g/mol. The molecule has 1 unspecified atom stereocenters. The Labute approximate surface area is 171 Å². The number of para-hydroxylation sites is 1. The molecule has 29 heavy (non-hydrogen) atoms. The van der Waals surface area contributed by atoms with Crippen molar-refractivity contribution in [3.05, 3.63) is 88.8 Å². The number of carbonyl (C=O) groups excluding carboxylic acids is 2. The van der Waals surface area contributed by atoms with Crippen LogP contribution in [0.1, 0.15) is 45.1 Å². The predicted octanol–water partition coefficient (Wildman–Crippen LogP) is 4.93. The number of amides is 1. The third kappa shape index (κ3) is 3.75. The van der Waals surface area contributed by atoms with Crippen molar-refractivity contribution >= 4 is 17.4 Å². The fraction of sp³-hybridized carbons (Fsp3) is 0.280. The van der Waals surface area contributed by atoms with Crippen LogP contribution in [-0.2, 0) is 9.59 Å². The zero-order valence-corrected chi connectivity index (χ0v) is 17.1. The second kappa shape index (κ2) is 7.36. The second-order valence-electron chi connectivity index (χ2n) is 8.66. The maximum absolute atomic E-state index is 13.3. The average molecular weight is 386 g/mol. The van der Waals surface area contributed by atoms with Crippen LogP contribution in [0, 0.1) is 5.41 Å². The van der Waals surface area contributed by atoms with Gasteiger partial charge >= 0.3 is 0 Å². The van der Waals surface area contributed by atoms with Crippen LogP contribution < -0.4 is 10.6 Å². The van der Waals surface area contributed by atoms with Gasteiger partial charge in [-0.05, 0) is 36.5 Å². The number of carbonyl (C=O) groups is 2. The van der Waals surface area contributed by atoms with Crippen LogP contribution in [0.3, 0.4) is 0 Å². The number of Topliss-reactive ketones (excluding diaryl/α,β-unsaturated/α-hetero) is 1. The maximum atomic E-state index is 13.3. The highest BCUT2D eigenvalue weighted by Crippen LogP contribution is 2.46. The van der Waals surface area contributed by atoms with Gasteiger partial charge in [0.05, 0.1) is 0 Å². The van der Waals surface area contributed by atoms with E-state index < -0.39 is 0 Å². The van der Waals surface area contributed by atoms with E-state index in [9.17, 15) is 9.59 Å². The molecule has 0 saturated heterocycles. The average Bonchev–Trinajstić information content (AvgIpc) is 2.67. The summed E-state index contributed by atoms with van der Waals surface area (Å²) in [7, 11) is 0. The quantitative estimate of drug-likeness (QED) is 0.786. The van der Waals surface area contributed by atoms with Gasteiger partial charge in [0.2, 0.25) is 0 Å². The van der Waals surface area contributed by atoms with Gasteiger partial charge in [-0.1, -0.05) is 62.4 Å². The standard InChI is InChI=1S/C25H26N2O2/c1-16-21(24(29)27-18-12-8-5-9-13-18)22(17-10-6-4-7-11-17)23-19(26-16)14-25(2,3)15-20(23)28/h4-13,22,26H,14-15H2,1-3H3,(H,27,29). The molecule has 2 aliphatic rings. The number of anilines is 1. The van der Waals surface area contributed by atoms with Crippen molar-refractivity contribution in [1.29, 1.82) is 0 Å². The Hall–Kier alpha value is -3.14. The minimum Gasteiger partial charge on any atom is -0.362 e. The highest BCUT2D eigenvalue weighted by Gasteiger charge is 2.42. The normalized spacial score (nSPS) is 20.8. The first-order valence-electron chi connectivity index (χ1n) is 10.0. The molecule has 148 valence electrons. The van der Waals surface area contributed by atoms with Crippen molar-refractivity contribution in [1.82, 2.24) is 5.32 Å². The van der Waals surface area contributed by atoms with Crippen LogP contribution in [0.5, 0.6) is 0 Å². The van der Waals surface area contributed by atoms with E-state index in [1.165, 1.54) is 0 Å². The fourth-order valence-corrected chi connectivity index (χ4v) is 4.44. The number of benzene rings is 2. The maximum Gasteiger partial charge on any atom is 0.254 e. The lowest BCUT2D eigenvalue weighted by atomic mass is 9.68. The van der Waals surface area contributed by atoms with E-state index >= 15 is 0 Å². The molecule has 4 heteroatoms. The fourth-order valence-electron chi connectivity index (χ4n) is 4.44. The van der Waals surface area contributed by atoms with Gasteiger partial charge in [-0.25, -0.2) is 0 Å². The molecule has 0 spiro atoms. The van der Waals surface area contributed by atoms with Gasteiger partial charge in [0.25, 0.3) is 5.91 Å². The van der Waals surface area contributed by atoms with Crippen molar-refractivity contribution in [2.75, 3.05) is 5.32 Å². The van der Waals surface area contributed by atoms with E-state index in [0.717, 1.165) is 34.6 Å². The van der Waals surface area contributed by atoms with Gasteiger partial charge in [0, 0.05) is 40.6 Å². The largest absolute Gasteiger partial charge is 0.362 e. The molecule has 4 nitrogen and oxygen atoms in total. The summed E-state index contributed by atoms with van der Waals surface area (Å²) in [5, 5.41) is 6.40. The van der Waals surface area contributed by atoms with Crippen LogP contribution in [0.15, 0.2) is 83.2 Å². The molecule has 0 fully saturated rings. The van der Waals surface area contributed by atoms with Crippen LogP contribution in [0.25, 0.3) is 0 Å². The summed E-state index contributed by atoms with van der Waals surface area (Å²) in [6, 6.07) is 19.3. The van der Waals surface area contributed by atoms with Crippen LogP contribution in [-0.4, -0.2) is 11.7 Å². The predicted molar refractivity (Wildman–Crippen MR) is 115 cm³/mol. The van der Waals surface area contributed by atoms with Gasteiger partial charge < -0.3 is 10.6 Å². The molecule has 0 bridgehead atoms. The lowest BCUT2D eigenvalue weighted by Crippen LogP contribution is -2.39. The van der Waals surface area contributed by atoms with Gasteiger partial charge in [-0.2, -0.15) is 0 Å². The molecule has 1 aliphatic heterocycles. The molecule has 2 N–H and O–H groups in total. The van der Waals surface area contributed by atoms with Crippen LogP contribution in [0.4, 0.5) is 5.69 Å². The summed E-state index contributed by atoms with van der Waals surface area (Å²) >= 11 is 0. The molecule has 1 aliphatic carbocycles. The molecule has 1 amide bonds. The van der Waals surface area contributed by atoms with Crippen molar-refractivity contribution in [2.24, 2.45) is 5.41 Å². The smallest absolute Gasteiger partial charge is 0.254 e. The van der Waals surface area contributed by atoms with E-state index in [0.29, 0.717) is 12.0 Å². The zero-order valence-electron chi connectivity index (χ0n) is 17.1. The van der Waals surface area contributed by atoms with Crippen molar-refractivity contribution in [2.45, 2.75) is 39.5 Å². The molecule has 0 aromatic heterocycles. The number of nitrogens with one attached hydrogen (secondary N) is 2. The second-order valence-corrected chi connectivity index (χ2v) is 8.66. The molecule has 0 saturated carbocycles. The number of rotatable bonds is 3. The molecule has 2 aromatic rings. The SMILES string of the molecule is CC1=C(C(=O)Nc2ccccc2)C(c2ccccc2)C2=C(CC(C)(C)CC2=O)N1. The number of hydrogen-bond donors (Lipinski definition) is 2. The van der Waals surface area contributed by atoms with Gasteiger partial charge in [0.15, 0.2) is 5.78 Å². The molecule has 2 aromatic carbocycles. The highest BCUT2D eigenvalue weighted by atomic mass is 16.2. The van der Waals surface area contributed by atoms with E-state index in [2.05, 4.69) is 24.5 Å². The third-order valence-electron chi connectivity index (χ3n) is 5.65. The first-order valence-corrected chi connectivity index (χ1v) is 10.0. The van der Waals surface area contributed by atoms with Gasteiger partial charge in [0.1, 0.15) is 0 Å². The summed E-state index contributed by atoms with van der Waals surface area (Å²) in [6.45, 7) is 6.15. The molecule has 1 heterocycles. The van der Waals surface area contributed by atoms with Crippen LogP contribution >= 0.6 is 0 Å². The Kier molecular flexibility index (Phi) is 4.87. The summed E-state index contributed by atoms with van der Waals surface area (Å²) < 4.78 is 0. The first kappa shape index (κ1) is 19.2. The third-order valence-corrected chi connectivity index (χ3v) is 5.65. The molecule has 1 atom stereocenters. The van der Waals surface area contributed by atoms with Crippen molar-refractivity contribution in [3.63, 3.8) is 0 Å². The Morgan fingerprint density at radius 3 is 2.28 bits per heavy atom. The van der Waals surface area contributed by atoms with Gasteiger partial charge in [-0.3, -0.25) is 9.59 Å². The number of dihydropyridines is 1. The van der Waals surface area contributed by atoms with E-state index in [4.69, 9.17) is 0 Å². The monoisotopic (exact) mass is 386 g/mol. The lowest BCUT2D eigenvalue weighted by Gasteiger charge is -2.39. The van der Waals surface area contributed by atoms with E-state index in [1.54, 1.807) is 0 Å². The molecule has 4 rings (SSSR count). The van der Waals surface area contributed by atoms with Crippen molar-refractivity contribution < 1.29 is 9.59 Å². The summed E-state index contributed by atoms with van der Waals surface area (Å²) in [5.41, 5.74) is 4.71. The Morgan fingerprint density at radius 1 is 1.00 bits per heavy atom. The minimum absolute atomic E-state index is 0.0891. The highest BCUT2D eigenvalue weighted by molar-refractivity contribution is 6.09. The first-order chi connectivity index (χ1) is 13.9. The summed E-state index contributed by atoms with van der Waals surface area (Å²) in [5.74, 6) is -0.422. The van der Waals surface area contributed by atoms with E-state index in [1.807, 2.05) is 67.6 Å². The molecular formula is C25H26N2O2. The summed E-state index contributed by atoms with van der Waals surface area (Å²) in [6.07, 6.45) is 1.28. The number of ketones is 1. The zero-order chi connectivity index (χ0) is 20.6. The molecule has 0 radical (unpaired) electrons.